The molecule has 2 heterocycles. The molecule has 5 nitrogen and oxygen atoms in total. The third-order valence-corrected chi connectivity index (χ3v) is 4.49. The van der Waals surface area contributed by atoms with Gasteiger partial charge in [-0.05, 0) is 22.9 Å². The van der Waals surface area contributed by atoms with Gasteiger partial charge in [0, 0.05) is 18.9 Å². The van der Waals surface area contributed by atoms with Crippen LogP contribution in [0.25, 0.3) is 0 Å². The first-order chi connectivity index (χ1) is 9.06. The number of aromatic nitrogens is 1. The maximum Gasteiger partial charge on any atom is 0.359 e. The number of thiazole rings is 1. The molecule has 0 bridgehead atoms. The molecule has 102 valence electrons. The van der Waals surface area contributed by atoms with Crippen molar-refractivity contribution in [2.45, 2.75) is 13.3 Å². The number of halogens is 1. The summed E-state index contributed by atoms with van der Waals surface area (Å²) < 4.78 is 5.49. The molecule has 0 aliphatic carbocycles. The van der Waals surface area contributed by atoms with Crippen LogP contribution < -0.4 is 4.90 Å². The number of nitrogens with zero attached hydrogens (tertiary/aromatic N) is 2. The molecule has 1 atom stereocenters. The Morgan fingerprint density at radius 2 is 2.47 bits per heavy atom. The lowest BCUT2D eigenvalue weighted by Gasteiger charge is -2.11. The maximum atomic E-state index is 11.9. The number of anilines is 1. The summed E-state index contributed by atoms with van der Waals surface area (Å²) in [6.45, 7) is 6.29. The molecule has 1 unspecified atom stereocenters. The number of rotatable bonds is 4. The fourth-order valence-corrected chi connectivity index (χ4v) is 3.30. The van der Waals surface area contributed by atoms with Crippen molar-refractivity contribution in [2.24, 2.45) is 5.92 Å². The van der Waals surface area contributed by atoms with Crippen LogP contribution in [0.3, 0.4) is 0 Å². The number of esters is 1. The molecule has 2 rings (SSSR count). The molecule has 1 saturated heterocycles. The number of carbonyl (C=O) groups is 2. The van der Waals surface area contributed by atoms with Gasteiger partial charge in [0.1, 0.15) is 3.79 Å². The second-order valence-electron chi connectivity index (χ2n) is 4.04. The zero-order valence-corrected chi connectivity index (χ0v) is 12.8. The minimum atomic E-state index is -0.483. The van der Waals surface area contributed by atoms with Crippen LogP contribution in [0.4, 0.5) is 5.13 Å². The molecular weight excluding hydrogens is 332 g/mol. The van der Waals surface area contributed by atoms with Crippen LogP contribution in [0, 0.1) is 5.92 Å². The first-order valence-electron chi connectivity index (χ1n) is 5.83. The normalized spacial score (nSPS) is 18.7. The quantitative estimate of drug-likeness (QED) is 0.622. The highest BCUT2D eigenvalue weighted by atomic mass is 79.9. The van der Waals surface area contributed by atoms with Gasteiger partial charge < -0.3 is 4.74 Å². The van der Waals surface area contributed by atoms with Gasteiger partial charge in [0.05, 0.1) is 6.61 Å². The van der Waals surface area contributed by atoms with Crippen molar-refractivity contribution in [2.75, 3.05) is 18.1 Å². The zero-order valence-electron chi connectivity index (χ0n) is 10.4. The highest BCUT2D eigenvalue weighted by molar-refractivity contribution is 9.11. The Balaban J connectivity index is 2.23. The van der Waals surface area contributed by atoms with E-state index in [0.29, 0.717) is 28.5 Å². The summed E-state index contributed by atoms with van der Waals surface area (Å²) in [5.41, 5.74) is 0.219. The van der Waals surface area contributed by atoms with E-state index < -0.39 is 5.97 Å². The van der Waals surface area contributed by atoms with Crippen molar-refractivity contribution >= 4 is 44.3 Å². The first kappa shape index (κ1) is 14.2. The van der Waals surface area contributed by atoms with Crippen molar-refractivity contribution < 1.29 is 14.3 Å². The molecule has 0 saturated carbocycles. The van der Waals surface area contributed by atoms with Crippen LogP contribution in [0.5, 0.6) is 0 Å². The topological polar surface area (TPSA) is 59.5 Å². The molecule has 0 aromatic carbocycles. The summed E-state index contributed by atoms with van der Waals surface area (Å²) >= 11 is 4.54. The summed E-state index contributed by atoms with van der Waals surface area (Å²) in [6.07, 6.45) is 2.21. The molecule has 1 aliphatic heterocycles. The van der Waals surface area contributed by atoms with E-state index in [-0.39, 0.29) is 17.5 Å². The van der Waals surface area contributed by atoms with Gasteiger partial charge in [-0.3, -0.25) is 9.69 Å². The fraction of sp³-hybridized carbons (Fsp3) is 0.417. The third kappa shape index (κ3) is 2.87. The third-order valence-electron chi connectivity index (χ3n) is 2.76. The lowest BCUT2D eigenvalue weighted by Crippen LogP contribution is -2.24. The Hall–Kier alpha value is -1.21. The summed E-state index contributed by atoms with van der Waals surface area (Å²) in [5.74, 6) is -0.341. The van der Waals surface area contributed by atoms with Crippen LogP contribution in [0.2, 0.25) is 0 Å². The Kier molecular flexibility index (Phi) is 4.36. The molecule has 1 aromatic heterocycles. The van der Waals surface area contributed by atoms with Crippen LogP contribution in [0.1, 0.15) is 23.8 Å². The van der Waals surface area contributed by atoms with Crippen molar-refractivity contribution in [1.29, 1.82) is 0 Å². The monoisotopic (exact) mass is 344 g/mol. The van der Waals surface area contributed by atoms with E-state index in [1.807, 2.05) is 0 Å². The minimum absolute atomic E-state index is 0.00144. The fourth-order valence-electron chi connectivity index (χ4n) is 1.81. The number of ether oxygens (including phenoxy) is 1. The van der Waals surface area contributed by atoms with Gasteiger partial charge >= 0.3 is 5.97 Å². The molecule has 1 amide bonds. The average molecular weight is 345 g/mol. The van der Waals surface area contributed by atoms with Gasteiger partial charge in [0.25, 0.3) is 0 Å². The van der Waals surface area contributed by atoms with Crippen LogP contribution in [0.15, 0.2) is 16.4 Å². The van der Waals surface area contributed by atoms with E-state index in [1.54, 1.807) is 17.9 Å². The smallest absolute Gasteiger partial charge is 0.359 e. The predicted molar refractivity (Wildman–Crippen MR) is 76.4 cm³/mol. The van der Waals surface area contributed by atoms with E-state index in [9.17, 15) is 9.59 Å². The molecule has 1 aromatic rings. The van der Waals surface area contributed by atoms with Gasteiger partial charge in [-0.2, -0.15) is 0 Å². The van der Waals surface area contributed by atoms with E-state index >= 15 is 0 Å². The lowest BCUT2D eigenvalue weighted by atomic mass is 10.1. The molecule has 0 N–H and O–H groups in total. The Morgan fingerprint density at radius 3 is 3.05 bits per heavy atom. The largest absolute Gasteiger partial charge is 0.461 e. The molecule has 1 aliphatic rings. The highest BCUT2D eigenvalue weighted by Crippen LogP contribution is 2.34. The van der Waals surface area contributed by atoms with Crippen molar-refractivity contribution in [1.82, 2.24) is 4.98 Å². The van der Waals surface area contributed by atoms with Gasteiger partial charge in [0.2, 0.25) is 5.91 Å². The van der Waals surface area contributed by atoms with Gasteiger partial charge in [0.15, 0.2) is 10.8 Å². The number of hydrogen-bond acceptors (Lipinski definition) is 5. The number of amides is 1. The molecule has 1 fully saturated rings. The van der Waals surface area contributed by atoms with Crippen LogP contribution >= 0.6 is 27.3 Å². The number of hydrogen-bond donors (Lipinski definition) is 0. The standard InChI is InChI=1S/C12H13BrN2O3S/c1-3-7-5-8(16)15(6-7)12-14-9(10(13)19-12)11(17)18-4-2/h3,7H,1,4-6H2,2H3. The SMILES string of the molecule is C=CC1CC(=O)N(c2nc(C(=O)OCC)c(Br)s2)C1. The van der Waals surface area contributed by atoms with Crippen LogP contribution in [-0.2, 0) is 9.53 Å². The van der Waals surface area contributed by atoms with Gasteiger partial charge in [-0.1, -0.05) is 17.4 Å². The van der Waals surface area contributed by atoms with E-state index in [0.717, 1.165) is 0 Å². The second-order valence-corrected chi connectivity index (χ2v) is 6.34. The van der Waals surface area contributed by atoms with Crippen molar-refractivity contribution in [3.63, 3.8) is 0 Å². The van der Waals surface area contributed by atoms with Crippen molar-refractivity contribution in [3.05, 3.63) is 22.1 Å². The van der Waals surface area contributed by atoms with Crippen LogP contribution in [-0.4, -0.2) is 30.0 Å². The lowest BCUT2D eigenvalue weighted by molar-refractivity contribution is -0.117. The minimum Gasteiger partial charge on any atom is -0.461 e. The summed E-state index contributed by atoms with van der Waals surface area (Å²) in [6, 6.07) is 0. The Bertz CT molecular complexity index is 529. The predicted octanol–water partition coefficient (Wildman–Crippen LogP) is 2.62. The van der Waals surface area contributed by atoms with Gasteiger partial charge in [-0.25, -0.2) is 9.78 Å². The molecular formula is C12H13BrN2O3S. The Morgan fingerprint density at radius 1 is 1.74 bits per heavy atom. The molecule has 0 radical (unpaired) electrons. The number of carbonyl (C=O) groups excluding carboxylic acids is 2. The first-order valence-corrected chi connectivity index (χ1v) is 7.44. The van der Waals surface area contributed by atoms with E-state index in [2.05, 4.69) is 27.5 Å². The summed E-state index contributed by atoms with van der Waals surface area (Å²) in [7, 11) is 0. The Labute approximate surface area is 123 Å². The summed E-state index contributed by atoms with van der Waals surface area (Å²) in [5, 5.41) is 0.518. The van der Waals surface area contributed by atoms with E-state index in [4.69, 9.17) is 4.74 Å². The summed E-state index contributed by atoms with van der Waals surface area (Å²) in [4.78, 5) is 29.3. The van der Waals surface area contributed by atoms with Crippen molar-refractivity contribution in [3.8, 4) is 0 Å². The highest BCUT2D eigenvalue weighted by Gasteiger charge is 2.32. The second kappa shape index (κ2) is 5.83. The molecule has 19 heavy (non-hydrogen) atoms. The van der Waals surface area contributed by atoms with Gasteiger partial charge in [-0.15, -0.1) is 6.58 Å². The maximum absolute atomic E-state index is 11.9. The average Bonchev–Trinajstić information content (AvgIpc) is 2.92. The zero-order chi connectivity index (χ0) is 14.0. The molecule has 0 spiro atoms. The molecule has 7 heteroatoms. The van der Waals surface area contributed by atoms with E-state index in [1.165, 1.54) is 11.3 Å².